The van der Waals surface area contributed by atoms with Crippen LogP contribution in [0.25, 0.3) is 0 Å². The Morgan fingerprint density at radius 3 is 2.68 bits per heavy atom. The van der Waals surface area contributed by atoms with Crippen LogP contribution in [0.15, 0.2) is 6.07 Å². The van der Waals surface area contributed by atoms with Crippen molar-refractivity contribution in [2.24, 2.45) is 0 Å². The van der Waals surface area contributed by atoms with Crippen LogP contribution in [0.3, 0.4) is 0 Å². The molecule has 1 amide bonds. The van der Waals surface area contributed by atoms with Gasteiger partial charge in [-0.3, -0.25) is 9.59 Å². The first-order chi connectivity index (χ1) is 10.4. The number of ether oxygens (including phenoxy) is 2. The third-order valence-electron chi connectivity index (χ3n) is 2.14. The van der Waals surface area contributed by atoms with Crippen LogP contribution in [0.2, 0.25) is 10.0 Å². The minimum atomic E-state index is -0.991. The van der Waals surface area contributed by atoms with Crippen LogP contribution in [0.1, 0.15) is 0 Å². The maximum absolute atomic E-state index is 11.7. The number of rotatable bonds is 9. The number of anilines is 1. The number of amides is 1. The lowest BCUT2D eigenvalue weighted by Crippen LogP contribution is -2.17. The number of aliphatic carboxylic acids is 1. The zero-order valence-electron chi connectivity index (χ0n) is 11.6. The summed E-state index contributed by atoms with van der Waals surface area (Å²) in [6.45, 7) is 0.598. The topological polar surface area (TPSA) is 97.8 Å². The highest BCUT2D eigenvalue weighted by atomic mass is 35.5. The highest BCUT2D eigenvalue weighted by Gasteiger charge is 2.13. The lowest BCUT2D eigenvalue weighted by Gasteiger charge is -2.11. The third-order valence-corrected chi connectivity index (χ3v) is 3.62. The first kappa shape index (κ1) is 18.8. The molecule has 0 saturated heterocycles. The molecule has 1 aromatic rings. The van der Waals surface area contributed by atoms with Crippen LogP contribution >= 0.6 is 35.0 Å². The second kappa shape index (κ2) is 9.73. The van der Waals surface area contributed by atoms with Gasteiger partial charge in [0.05, 0.1) is 23.1 Å². The summed E-state index contributed by atoms with van der Waals surface area (Å²) in [6, 6.07) is 1.40. The minimum Gasteiger partial charge on any atom is -0.481 e. The van der Waals surface area contributed by atoms with Crippen molar-refractivity contribution in [3.8, 4) is 5.88 Å². The molecule has 10 heteroatoms. The molecule has 0 atom stereocenters. The predicted molar refractivity (Wildman–Crippen MR) is 85.2 cm³/mol. The lowest BCUT2D eigenvalue weighted by molar-refractivity contribution is -0.133. The molecule has 0 spiro atoms. The van der Waals surface area contributed by atoms with E-state index >= 15 is 0 Å². The van der Waals surface area contributed by atoms with E-state index in [0.717, 1.165) is 11.8 Å². The van der Waals surface area contributed by atoms with Crippen molar-refractivity contribution in [3.05, 3.63) is 16.1 Å². The van der Waals surface area contributed by atoms with E-state index in [1.807, 2.05) is 0 Å². The van der Waals surface area contributed by atoms with Crippen molar-refractivity contribution in [2.75, 3.05) is 37.1 Å². The van der Waals surface area contributed by atoms with E-state index in [2.05, 4.69) is 10.3 Å². The SMILES string of the molecule is COCCOc1nc(NC(=O)CSCC(=O)O)c(Cl)cc1Cl. The van der Waals surface area contributed by atoms with Gasteiger partial charge in [0.1, 0.15) is 11.6 Å². The highest BCUT2D eigenvalue weighted by Crippen LogP contribution is 2.30. The normalized spacial score (nSPS) is 10.3. The molecule has 0 radical (unpaired) electrons. The van der Waals surface area contributed by atoms with Crippen molar-refractivity contribution < 1.29 is 24.2 Å². The van der Waals surface area contributed by atoms with Gasteiger partial charge in [-0.05, 0) is 6.07 Å². The number of nitrogens with zero attached hydrogens (tertiary/aromatic N) is 1. The van der Waals surface area contributed by atoms with Gasteiger partial charge in [-0.2, -0.15) is 4.98 Å². The molecule has 7 nitrogen and oxygen atoms in total. The number of carbonyl (C=O) groups is 2. The smallest absolute Gasteiger partial charge is 0.313 e. The molecule has 0 aliphatic rings. The van der Waals surface area contributed by atoms with Gasteiger partial charge in [0.2, 0.25) is 11.8 Å². The Hall–Kier alpha value is -1.22. The largest absolute Gasteiger partial charge is 0.481 e. The van der Waals surface area contributed by atoms with Gasteiger partial charge >= 0.3 is 5.97 Å². The summed E-state index contributed by atoms with van der Waals surface area (Å²) in [5.41, 5.74) is 0. The van der Waals surface area contributed by atoms with Crippen molar-refractivity contribution in [1.82, 2.24) is 4.98 Å². The predicted octanol–water partition coefficient (Wildman–Crippen LogP) is 2.17. The number of hydrogen-bond acceptors (Lipinski definition) is 6. The Balaban J connectivity index is 2.66. The Morgan fingerprint density at radius 2 is 2.05 bits per heavy atom. The highest BCUT2D eigenvalue weighted by molar-refractivity contribution is 8.00. The fraction of sp³-hybridized carbons (Fsp3) is 0.417. The lowest BCUT2D eigenvalue weighted by atomic mass is 10.4. The fourth-order valence-electron chi connectivity index (χ4n) is 1.26. The monoisotopic (exact) mass is 368 g/mol. The number of carboxylic acids is 1. The van der Waals surface area contributed by atoms with E-state index < -0.39 is 11.9 Å². The minimum absolute atomic E-state index is 0.0349. The van der Waals surface area contributed by atoms with Gasteiger partial charge in [-0.15, -0.1) is 11.8 Å². The first-order valence-electron chi connectivity index (χ1n) is 6.01. The molecule has 0 unspecified atom stereocenters. The van der Waals surface area contributed by atoms with Gasteiger partial charge in [-0.1, -0.05) is 23.2 Å². The Bertz CT molecular complexity index is 544. The summed E-state index contributed by atoms with van der Waals surface area (Å²) < 4.78 is 10.1. The second-order valence-corrected chi connectivity index (χ2v) is 5.68. The molecular formula is C12H14Cl2N2O5S. The van der Waals surface area contributed by atoms with E-state index in [1.165, 1.54) is 13.2 Å². The summed E-state index contributed by atoms with van der Waals surface area (Å²) in [5, 5.41) is 11.3. The Morgan fingerprint density at radius 1 is 1.32 bits per heavy atom. The summed E-state index contributed by atoms with van der Waals surface area (Å²) >= 11 is 12.9. The van der Waals surface area contributed by atoms with Crippen molar-refractivity contribution >= 4 is 52.7 Å². The molecule has 22 heavy (non-hydrogen) atoms. The van der Waals surface area contributed by atoms with Crippen molar-refractivity contribution in [1.29, 1.82) is 0 Å². The van der Waals surface area contributed by atoms with Crippen molar-refractivity contribution in [2.45, 2.75) is 0 Å². The average molecular weight is 369 g/mol. The van der Waals surface area contributed by atoms with Gasteiger partial charge in [0.15, 0.2) is 5.82 Å². The van der Waals surface area contributed by atoms with Gasteiger partial charge in [0, 0.05) is 7.11 Å². The van der Waals surface area contributed by atoms with E-state index in [9.17, 15) is 9.59 Å². The molecule has 0 aromatic carbocycles. The standard InChI is InChI=1S/C12H14Cl2N2O5S/c1-20-2-3-21-12-8(14)4-7(13)11(16-12)15-9(17)5-22-6-10(18)19/h4H,2-3,5-6H2,1H3,(H,18,19)(H,15,16,17). The number of thioether (sulfide) groups is 1. The average Bonchev–Trinajstić information content (AvgIpc) is 2.43. The molecular weight excluding hydrogens is 355 g/mol. The number of nitrogens with one attached hydrogen (secondary N) is 1. The van der Waals surface area contributed by atoms with E-state index in [4.69, 9.17) is 37.8 Å². The summed E-state index contributed by atoms with van der Waals surface area (Å²) in [7, 11) is 1.53. The molecule has 0 bridgehead atoms. The zero-order valence-corrected chi connectivity index (χ0v) is 13.9. The summed E-state index contributed by atoms with van der Waals surface area (Å²) in [4.78, 5) is 26.1. The Labute approximate surface area is 141 Å². The molecule has 122 valence electrons. The quantitative estimate of drug-likeness (QED) is 0.644. The van der Waals surface area contributed by atoms with Crippen LogP contribution in [0.4, 0.5) is 5.82 Å². The van der Waals surface area contributed by atoms with Gasteiger partial charge < -0.3 is 19.9 Å². The number of carbonyl (C=O) groups excluding carboxylic acids is 1. The molecule has 1 rings (SSSR count). The zero-order chi connectivity index (χ0) is 16.5. The van der Waals surface area contributed by atoms with Crippen LogP contribution in [0, 0.1) is 0 Å². The molecule has 0 fully saturated rings. The fourth-order valence-corrected chi connectivity index (χ4v) is 2.25. The number of carboxylic acid groups (broad SMARTS) is 1. The third kappa shape index (κ3) is 6.69. The van der Waals surface area contributed by atoms with Crippen LogP contribution in [-0.2, 0) is 14.3 Å². The molecule has 0 aliphatic carbocycles. The summed E-state index contributed by atoms with van der Waals surface area (Å²) in [6.07, 6.45) is 0. The first-order valence-corrected chi connectivity index (χ1v) is 7.92. The molecule has 1 heterocycles. The Kier molecular flexibility index (Phi) is 8.32. The number of aromatic nitrogens is 1. The maximum Gasteiger partial charge on any atom is 0.313 e. The molecule has 0 aliphatic heterocycles. The van der Waals surface area contributed by atoms with Crippen molar-refractivity contribution in [3.63, 3.8) is 0 Å². The number of methoxy groups -OCH3 is 1. The van der Waals surface area contributed by atoms with E-state index in [-0.39, 0.29) is 39.9 Å². The maximum atomic E-state index is 11.7. The molecule has 0 saturated carbocycles. The second-order valence-electron chi connectivity index (χ2n) is 3.88. The van der Waals surface area contributed by atoms with Gasteiger partial charge in [-0.25, -0.2) is 0 Å². The summed E-state index contributed by atoms with van der Waals surface area (Å²) in [5.74, 6) is -1.40. The number of pyridine rings is 1. The molecule has 1 aromatic heterocycles. The van der Waals surface area contributed by atoms with Crippen LogP contribution in [-0.4, -0.2) is 53.8 Å². The van der Waals surface area contributed by atoms with Gasteiger partial charge in [0.25, 0.3) is 0 Å². The van der Waals surface area contributed by atoms with E-state index in [1.54, 1.807) is 0 Å². The van der Waals surface area contributed by atoms with Crippen LogP contribution < -0.4 is 10.1 Å². The number of hydrogen-bond donors (Lipinski definition) is 2. The van der Waals surface area contributed by atoms with Crippen LogP contribution in [0.5, 0.6) is 5.88 Å². The number of halogens is 2. The van der Waals surface area contributed by atoms with E-state index in [0.29, 0.717) is 6.61 Å². The molecule has 2 N–H and O–H groups in total.